The maximum atomic E-state index is 13.1. The van der Waals surface area contributed by atoms with Gasteiger partial charge < -0.3 is 4.74 Å². The molecule has 7 heteroatoms. The number of fused-ring (bicyclic) bond motifs is 1. The summed E-state index contributed by atoms with van der Waals surface area (Å²) in [4.78, 5) is 25.4. The van der Waals surface area contributed by atoms with Crippen LogP contribution in [0.2, 0.25) is 0 Å². The van der Waals surface area contributed by atoms with Gasteiger partial charge >= 0.3 is 5.97 Å². The molecule has 0 spiro atoms. The zero-order valence-corrected chi connectivity index (χ0v) is 18.7. The van der Waals surface area contributed by atoms with Gasteiger partial charge in [0.1, 0.15) is 0 Å². The van der Waals surface area contributed by atoms with Crippen LogP contribution >= 0.6 is 0 Å². The number of ether oxygens (including phenoxy) is 1. The summed E-state index contributed by atoms with van der Waals surface area (Å²) in [6.07, 6.45) is 2.68. The van der Waals surface area contributed by atoms with Crippen molar-refractivity contribution >= 4 is 32.5 Å². The highest BCUT2D eigenvalue weighted by atomic mass is 32.2. The lowest BCUT2D eigenvalue weighted by atomic mass is 10.0. The van der Waals surface area contributed by atoms with Crippen molar-refractivity contribution < 1.29 is 22.7 Å². The Morgan fingerprint density at radius 3 is 2.44 bits per heavy atom. The number of hydrogen-bond donors (Lipinski definition) is 0. The summed E-state index contributed by atoms with van der Waals surface area (Å²) in [5.74, 6) is -1.04. The van der Waals surface area contributed by atoms with Crippen LogP contribution in [-0.2, 0) is 14.8 Å². The maximum Gasteiger partial charge on any atom is 0.338 e. The summed E-state index contributed by atoms with van der Waals surface area (Å²) in [5, 5.41) is 1.72. The lowest BCUT2D eigenvalue weighted by molar-refractivity contribution is 0.0475. The van der Waals surface area contributed by atoms with Gasteiger partial charge in [0.15, 0.2) is 6.61 Å². The Bertz CT molecular complexity index is 1270. The monoisotopic (exact) mass is 451 g/mol. The van der Waals surface area contributed by atoms with E-state index in [0.717, 1.165) is 30.0 Å². The highest BCUT2D eigenvalue weighted by Crippen LogP contribution is 2.25. The lowest BCUT2D eigenvalue weighted by Crippen LogP contribution is -2.36. The molecule has 1 fully saturated rings. The van der Waals surface area contributed by atoms with Crippen LogP contribution in [-0.4, -0.2) is 44.2 Å². The van der Waals surface area contributed by atoms with Crippen LogP contribution in [0.1, 0.15) is 45.5 Å². The van der Waals surface area contributed by atoms with Crippen molar-refractivity contribution in [2.45, 2.75) is 31.1 Å². The van der Waals surface area contributed by atoms with Crippen LogP contribution in [0.4, 0.5) is 0 Å². The molecule has 166 valence electrons. The fraction of sp³-hybridized carbons (Fsp3) is 0.280. The van der Waals surface area contributed by atoms with Gasteiger partial charge in [-0.3, -0.25) is 4.79 Å². The summed E-state index contributed by atoms with van der Waals surface area (Å²) >= 11 is 0. The zero-order chi connectivity index (χ0) is 22.7. The smallest absolute Gasteiger partial charge is 0.338 e. The second-order valence-corrected chi connectivity index (χ2v) is 9.88. The highest BCUT2D eigenvalue weighted by molar-refractivity contribution is 7.89. The highest BCUT2D eigenvalue weighted by Gasteiger charge is 2.28. The second kappa shape index (κ2) is 9.22. The van der Waals surface area contributed by atoms with Crippen molar-refractivity contribution in [1.29, 1.82) is 0 Å². The fourth-order valence-electron chi connectivity index (χ4n) is 4.01. The number of carbonyl (C=O) groups excluding carboxylic acids is 2. The molecule has 6 nitrogen and oxygen atoms in total. The molecule has 0 atom stereocenters. The first kappa shape index (κ1) is 22.2. The number of Topliss-reactive ketones (excluding diaryl/α,β-unsaturated/α-hetero) is 1. The van der Waals surface area contributed by atoms with Crippen molar-refractivity contribution in [2.75, 3.05) is 19.7 Å². The molecule has 0 unspecified atom stereocenters. The van der Waals surface area contributed by atoms with E-state index in [1.807, 2.05) is 30.3 Å². The van der Waals surface area contributed by atoms with E-state index in [1.165, 1.54) is 16.4 Å². The Labute approximate surface area is 187 Å². The number of sulfonamides is 1. The minimum Gasteiger partial charge on any atom is -0.454 e. The van der Waals surface area contributed by atoms with Crippen molar-refractivity contribution in [3.63, 3.8) is 0 Å². The average Bonchev–Trinajstić information content (AvgIpc) is 2.82. The number of carbonyl (C=O) groups is 2. The molecule has 1 aliphatic heterocycles. The average molecular weight is 452 g/mol. The van der Waals surface area contributed by atoms with Crippen LogP contribution in [0.15, 0.2) is 65.6 Å². The van der Waals surface area contributed by atoms with Crippen LogP contribution in [0, 0.1) is 6.92 Å². The van der Waals surface area contributed by atoms with Gasteiger partial charge in [0.05, 0.1) is 10.5 Å². The van der Waals surface area contributed by atoms with Gasteiger partial charge in [-0.05, 0) is 48.2 Å². The minimum atomic E-state index is -3.69. The first-order valence-electron chi connectivity index (χ1n) is 10.7. The van der Waals surface area contributed by atoms with E-state index in [9.17, 15) is 18.0 Å². The third kappa shape index (κ3) is 4.45. The molecule has 1 aliphatic rings. The predicted molar refractivity (Wildman–Crippen MR) is 122 cm³/mol. The van der Waals surface area contributed by atoms with Gasteiger partial charge in [0.25, 0.3) is 0 Å². The number of aryl methyl sites for hydroxylation is 1. The maximum absolute atomic E-state index is 13.1. The van der Waals surface area contributed by atoms with E-state index < -0.39 is 22.6 Å². The summed E-state index contributed by atoms with van der Waals surface area (Å²) in [7, 11) is -3.69. The molecule has 0 amide bonds. The van der Waals surface area contributed by atoms with Gasteiger partial charge in [0.2, 0.25) is 15.8 Å². The Morgan fingerprint density at radius 1 is 0.938 bits per heavy atom. The van der Waals surface area contributed by atoms with Crippen LogP contribution in [0.25, 0.3) is 10.8 Å². The molecule has 4 rings (SSSR count). The van der Waals surface area contributed by atoms with Gasteiger partial charge in [-0.15, -0.1) is 0 Å². The molecule has 32 heavy (non-hydrogen) atoms. The number of esters is 1. The van der Waals surface area contributed by atoms with Gasteiger partial charge in [0, 0.05) is 18.7 Å². The minimum absolute atomic E-state index is 0.106. The van der Waals surface area contributed by atoms with Crippen molar-refractivity contribution in [1.82, 2.24) is 4.31 Å². The molecule has 0 aliphatic carbocycles. The van der Waals surface area contributed by atoms with Gasteiger partial charge in [-0.1, -0.05) is 55.0 Å². The molecule has 0 N–H and O–H groups in total. The largest absolute Gasteiger partial charge is 0.454 e. The van der Waals surface area contributed by atoms with Gasteiger partial charge in [-0.25, -0.2) is 13.2 Å². The first-order chi connectivity index (χ1) is 15.4. The molecule has 0 aromatic heterocycles. The lowest BCUT2D eigenvalue weighted by Gasteiger charge is -2.26. The van der Waals surface area contributed by atoms with Crippen LogP contribution in [0.5, 0.6) is 0 Å². The first-order valence-corrected chi connectivity index (χ1v) is 12.1. The molecule has 3 aromatic carbocycles. The molecule has 0 radical (unpaired) electrons. The Morgan fingerprint density at radius 2 is 1.66 bits per heavy atom. The van der Waals surface area contributed by atoms with E-state index in [2.05, 4.69) is 0 Å². The topological polar surface area (TPSA) is 80.8 Å². The third-order valence-electron chi connectivity index (χ3n) is 5.78. The number of hydrogen-bond acceptors (Lipinski definition) is 5. The third-order valence-corrected chi connectivity index (χ3v) is 7.82. The van der Waals surface area contributed by atoms with Crippen LogP contribution in [0.3, 0.4) is 0 Å². The standard InChI is InChI=1S/C25H25NO5S/c1-18-12-13-20(16-24(18)32(29,30)26-14-5-2-6-15-26)25(28)31-17-23(27)22-11-7-9-19-8-3-4-10-21(19)22/h3-4,7-13,16H,2,5-6,14-15,17H2,1H3. The summed E-state index contributed by atoms with van der Waals surface area (Å²) < 4.78 is 32.9. The van der Waals surface area contributed by atoms with Crippen molar-refractivity contribution in [3.05, 3.63) is 77.4 Å². The summed E-state index contributed by atoms with van der Waals surface area (Å²) in [6.45, 7) is 2.25. The number of benzene rings is 3. The number of nitrogens with zero attached hydrogens (tertiary/aromatic N) is 1. The molecule has 1 saturated heterocycles. The fourth-order valence-corrected chi connectivity index (χ4v) is 5.78. The van der Waals surface area contributed by atoms with E-state index >= 15 is 0 Å². The van der Waals surface area contributed by atoms with E-state index in [0.29, 0.717) is 24.2 Å². The zero-order valence-electron chi connectivity index (χ0n) is 17.9. The van der Waals surface area contributed by atoms with E-state index in [4.69, 9.17) is 4.74 Å². The molecule has 0 bridgehead atoms. The quantitative estimate of drug-likeness (QED) is 0.411. The Balaban J connectivity index is 1.51. The molecule has 1 heterocycles. The van der Waals surface area contributed by atoms with Crippen molar-refractivity contribution in [3.8, 4) is 0 Å². The van der Waals surface area contributed by atoms with Crippen LogP contribution < -0.4 is 0 Å². The summed E-state index contributed by atoms with van der Waals surface area (Å²) in [5.41, 5.74) is 1.16. The Hall–Kier alpha value is -3.03. The van der Waals surface area contributed by atoms with E-state index in [1.54, 1.807) is 25.1 Å². The number of ketones is 1. The molecular weight excluding hydrogens is 426 g/mol. The van der Waals surface area contributed by atoms with Crippen molar-refractivity contribution in [2.24, 2.45) is 0 Å². The van der Waals surface area contributed by atoms with E-state index in [-0.39, 0.29) is 16.2 Å². The predicted octanol–water partition coefficient (Wildman–Crippen LogP) is 4.36. The normalized spacial score (nSPS) is 14.9. The second-order valence-electron chi connectivity index (χ2n) is 7.97. The SMILES string of the molecule is Cc1ccc(C(=O)OCC(=O)c2cccc3ccccc23)cc1S(=O)(=O)N1CCCCC1. The Kier molecular flexibility index (Phi) is 6.39. The molecular formula is C25H25NO5S. The number of rotatable bonds is 6. The number of piperidine rings is 1. The summed E-state index contributed by atoms with van der Waals surface area (Å²) in [6, 6.07) is 17.4. The molecule has 3 aromatic rings. The molecule has 0 saturated carbocycles. The van der Waals surface area contributed by atoms with Gasteiger partial charge in [-0.2, -0.15) is 4.31 Å².